The van der Waals surface area contributed by atoms with Gasteiger partial charge in [0.2, 0.25) is 0 Å². The van der Waals surface area contributed by atoms with Gasteiger partial charge >= 0.3 is 0 Å². The van der Waals surface area contributed by atoms with Crippen molar-refractivity contribution in [3.63, 3.8) is 0 Å². The van der Waals surface area contributed by atoms with Gasteiger partial charge in [-0.25, -0.2) is 0 Å². The number of nitrogens with zero attached hydrogens (tertiary/aromatic N) is 2. The number of ketones is 1. The quantitative estimate of drug-likeness (QED) is 0.500. The molecule has 0 bridgehead atoms. The van der Waals surface area contributed by atoms with E-state index in [0.29, 0.717) is 6.54 Å². The third-order valence-electron chi connectivity index (χ3n) is 3.61. The topological polar surface area (TPSA) is 44.1 Å². The van der Waals surface area contributed by atoms with Gasteiger partial charge in [-0.1, -0.05) is 12.1 Å². The maximum Gasteiger partial charge on any atom is 0.195 e. The van der Waals surface area contributed by atoms with Gasteiger partial charge in [0.1, 0.15) is 5.75 Å². The summed E-state index contributed by atoms with van der Waals surface area (Å²) in [6.45, 7) is 2.62. The Labute approximate surface area is 145 Å². The Balaban J connectivity index is 1.80. The molecule has 2 heterocycles. The Bertz CT molecular complexity index is 863. The largest absolute Gasteiger partial charge is 0.496 e. The number of aryl methyl sites for hydroxylation is 1. The minimum absolute atomic E-state index is 0.0255. The average Bonchev–Trinajstić information content (AvgIpc) is 3.24. The molecule has 3 rings (SSSR count). The lowest BCUT2D eigenvalue weighted by Crippen LogP contribution is -2.02. The van der Waals surface area contributed by atoms with Gasteiger partial charge < -0.3 is 4.74 Å². The lowest BCUT2D eigenvalue weighted by Gasteiger charge is -2.09. The summed E-state index contributed by atoms with van der Waals surface area (Å²) in [6, 6.07) is 11.6. The number of aromatic nitrogens is 2. The lowest BCUT2D eigenvalue weighted by atomic mass is 10.1. The van der Waals surface area contributed by atoms with E-state index in [1.807, 2.05) is 60.3 Å². The summed E-state index contributed by atoms with van der Waals surface area (Å²) in [4.78, 5) is 14.1. The molecule has 0 aliphatic heterocycles. The molecule has 3 aromatic rings. The fraction of sp³-hybridized carbons (Fsp3) is 0.158. The van der Waals surface area contributed by atoms with Crippen LogP contribution in [0.3, 0.4) is 0 Å². The number of allylic oxidation sites excluding steroid dienone is 1. The second-order valence-corrected chi connectivity index (χ2v) is 6.67. The number of hydrogen-bond acceptors (Lipinski definition) is 4. The van der Waals surface area contributed by atoms with Gasteiger partial charge in [-0.3, -0.25) is 9.48 Å². The summed E-state index contributed by atoms with van der Waals surface area (Å²) in [5.74, 6) is 0.834. The van der Waals surface area contributed by atoms with Gasteiger partial charge in [0.15, 0.2) is 5.78 Å². The van der Waals surface area contributed by atoms with Crippen LogP contribution in [0.4, 0.5) is 0 Å². The molecule has 0 N–H and O–H groups in total. The van der Waals surface area contributed by atoms with E-state index in [0.717, 1.165) is 26.6 Å². The molecule has 0 unspecified atom stereocenters. The van der Waals surface area contributed by atoms with Gasteiger partial charge in [-0.2, -0.15) is 5.10 Å². The van der Waals surface area contributed by atoms with Crippen LogP contribution in [-0.4, -0.2) is 22.7 Å². The van der Waals surface area contributed by atoms with E-state index in [-0.39, 0.29) is 5.78 Å². The van der Waals surface area contributed by atoms with Crippen molar-refractivity contribution in [1.29, 1.82) is 0 Å². The summed E-state index contributed by atoms with van der Waals surface area (Å²) < 4.78 is 7.25. The van der Waals surface area contributed by atoms with Gasteiger partial charge in [-0.15, -0.1) is 11.3 Å². The van der Waals surface area contributed by atoms with E-state index >= 15 is 0 Å². The van der Waals surface area contributed by atoms with Crippen molar-refractivity contribution in [2.24, 2.45) is 0 Å². The van der Waals surface area contributed by atoms with Crippen molar-refractivity contribution in [3.8, 4) is 5.75 Å². The molecule has 4 nitrogen and oxygen atoms in total. The van der Waals surface area contributed by atoms with Gasteiger partial charge in [0.25, 0.3) is 0 Å². The fourth-order valence-electron chi connectivity index (χ4n) is 2.42. The van der Waals surface area contributed by atoms with Crippen LogP contribution in [0.15, 0.2) is 54.9 Å². The molecule has 0 radical (unpaired) electrons. The molecule has 0 fully saturated rings. The highest BCUT2D eigenvalue weighted by Gasteiger charge is 2.07. The number of hydrogen-bond donors (Lipinski definition) is 0. The first-order chi connectivity index (χ1) is 11.7. The first-order valence-corrected chi connectivity index (χ1v) is 8.40. The first kappa shape index (κ1) is 16.2. The number of thiophene rings is 1. The van der Waals surface area contributed by atoms with Crippen molar-refractivity contribution in [2.75, 3.05) is 7.11 Å². The second-order valence-electron chi connectivity index (χ2n) is 5.38. The molecule has 0 spiro atoms. The Morgan fingerprint density at radius 1 is 1.33 bits per heavy atom. The highest BCUT2D eigenvalue weighted by Crippen LogP contribution is 2.22. The van der Waals surface area contributed by atoms with Crippen molar-refractivity contribution in [2.45, 2.75) is 13.5 Å². The summed E-state index contributed by atoms with van der Waals surface area (Å²) in [6.07, 6.45) is 7.11. The summed E-state index contributed by atoms with van der Waals surface area (Å²) >= 11 is 1.51. The summed E-state index contributed by atoms with van der Waals surface area (Å²) in [5, 5.41) is 4.22. The SMILES string of the molecule is COc1ccc(/C=C/C(=O)c2ccc(C)s2)cc1Cn1cccn1. The second kappa shape index (κ2) is 7.27. The number of ether oxygens (including phenoxy) is 1. The van der Waals surface area contributed by atoms with Crippen LogP contribution in [0.1, 0.15) is 25.7 Å². The lowest BCUT2D eigenvalue weighted by molar-refractivity contribution is 0.105. The molecule has 2 aromatic heterocycles. The maximum absolute atomic E-state index is 12.2. The third-order valence-corrected chi connectivity index (χ3v) is 4.62. The van der Waals surface area contributed by atoms with E-state index in [4.69, 9.17) is 4.74 Å². The Hall–Kier alpha value is -2.66. The van der Waals surface area contributed by atoms with Crippen LogP contribution in [0, 0.1) is 6.92 Å². The molecule has 122 valence electrons. The van der Waals surface area contributed by atoms with Crippen LogP contribution in [0.25, 0.3) is 6.08 Å². The molecule has 0 aliphatic rings. The zero-order chi connectivity index (χ0) is 16.9. The predicted molar refractivity (Wildman–Crippen MR) is 96.7 cm³/mol. The molecule has 0 saturated heterocycles. The Morgan fingerprint density at radius 2 is 2.21 bits per heavy atom. The van der Waals surface area contributed by atoms with E-state index in [1.165, 1.54) is 11.3 Å². The number of carbonyl (C=O) groups is 1. The molecule has 24 heavy (non-hydrogen) atoms. The monoisotopic (exact) mass is 338 g/mol. The normalized spacial score (nSPS) is 11.1. The van der Waals surface area contributed by atoms with Gasteiger partial charge in [0.05, 0.1) is 18.5 Å². The number of benzene rings is 1. The Kier molecular flexibility index (Phi) is 4.91. The average molecular weight is 338 g/mol. The molecule has 1 aromatic carbocycles. The summed E-state index contributed by atoms with van der Waals surface area (Å²) in [5.41, 5.74) is 1.97. The standard InChI is InChI=1S/C19H18N2O2S/c1-14-4-9-19(24-14)17(22)7-5-15-6-8-18(23-2)16(12-15)13-21-11-3-10-20-21/h3-12H,13H2,1-2H3/b7-5+. The van der Waals surface area contributed by atoms with Gasteiger partial charge in [-0.05, 0) is 48.9 Å². The van der Waals surface area contributed by atoms with Crippen LogP contribution in [-0.2, 0) is 6.54 Å². The minimum Gasteiger partial charge on any atom is -0.496 e. The number of carbonyl (C=O) groups excluding carboxylic acids is 1. The highest BCUT2D eigenvalue weighted by atomic mass is 32.1. The van der Waals surface area contributed by atoms with Crippen LogP contribution in [0.2, 0.25) is 0 Å². The summed E-state index contributed by atoms with van der Waals surface area (Å²) in [7, 11) is 1.65. The van der Waals surface area contributed by atoms with E-state index in [1.54, 1.807) is 19.4 Å². The maximum atomic E-state index is 12.2. The first-order valence-electron chi connectivity index (χ1n) is 7.59. The molecule has 0 amide bonds. The number of rotatable bonds is 6. The number of methoxy groups -OCH3 is 1. The fourth-order valence-corrected chi connectivity index (χ4v) is 3.20. The predicted octanol–water partition coefficient (Wildman–Crippen LogP) is 4.21. The molecular formula is C19H18N2O2S. The zero-order valence-electron chi connectivity index (χ0n) is 13.6. The molecule has 0 saturated carbocycles. The van der Waals surface area contributed by atoms with Crippen molar-refractivity contribution >= 4 is 23.2 Å². The molecule has 0 atom stereocenters. The molecule has 5 heteroatoms. The van der Waals surface area contributed by atoms with Crippen LogP contribution in [0.5, 0.6) is 5.75 Å². The van der Waals surface area contributed by atoms with Gasteiger partial charge in [0, 0.05) is 22.8 Å². The molecule has 0 aliphatic carbocycles. The minimum atomic E-state index is 0.0255. The van der Waals surface area contributed by atoms with Crippen LogP contribution < -0.4 is 4.74 Å². The smallest absolute Gasteiger partial charge is 0.195 e. The molecular weight excluding hydrogens is 320 g/mol. The Morgan fingerprint density at radius 3 is 2.88 bits per heavy atom. The zero-order valence-corrected chi connectivity index (χ0v) is 14.4. The highest BCUT2D eigenvalue weighted by molar-refractivity contribution is 7.14. The third kappa shape index (κ3) is 3.81. The van der Waals surface area contributed by atoms with Crippen molar-refractivity contribution in [1.82, 2.24) is 9.78 Å². The van der Waals surface area contributed by atoms with Crippen LogP contribution >= 0.6 is 11.3 Å². The van der Waals surface area contributed by atoms with Crippen molar-refractivity contribution in [3.05, 3.63) is 75.7 Å². The van der Waals surface area contributed by atoms with E-state index < -0.39 is 0 Å². The van der Waals surface area contributed by atoms with E-state index in [2.05, 4.69) is 5.10 Å². The van der Waals surface area contributed by atoms with E-state index in [9.17, 15) is 4.79 Å². The van der Waals surface area contributed by atoms with Crippen molar-refractivity contribution < 1.29 is 9.53 Å².